The number of nitrogens with zero attached hydrogens (tertiary/aromatic N) is 2. The molecule has 0 bridgehead atoms. The van der Waals surface area contributed by atoms with Crippen molar-refractivity contribution in [3.05, 3.63) is 33.0 Å². The predicted molar refractivity (Wildman–Crippen MR) is 76.5 cm³/mol. The number of hydrogen-bond donors (Lipinski definition) is 4. The summed E-state index contributed by atoms with van der Waals surface area (Å²) in [6.45, 7) is 0. The zero-order valence-corrected chi connectivity index (χ0v) is 11.2. The van der Waals surface area contributed by atoms with E-state index in [0.717, 1.165) is 4.47 Å². The first kappa shape index (κ1) is 11.7. The van der Waals surface area contributed by atoms with Crippen molar-refractivity contribution in [1.29, 1.82) is 0 Å². The molecule has 8 heteroatoms. The lowest BCUT2D eigenvalue weighted by Crippen LogP contribution is -2.10. The van der Waals surface area contributed by atoms with Crippen LogP contribution < -0.4 is 17.0 Å². The third-order valence-electron chi connectivity index (χ3n) is 2.65. The summed E-state index contributed by atoms with van der Waals surface area (Å²) in [4.78, 5) is 25.2. The van der Waals surface area contributed by atoms with Crippen molar-refractivity contribution in [3.63, 3.8) is 0 Å². The van der Waals surface area contributed by atoms with Crippen LogP contribution in [0.3, 0.4) is 0 Å². The van der Waals surface area contributed by atoms with Gasteiger partial charge in [0.05, 0.1) is 0 Å². The van der Waals surface area contributed by atoms with Crippen molar-refractivity contribution in [3.8, 4) is 11.4 Å². The van der Waals surface area contributed by atoms with Gasteiger partial charge in [0.1, 0.15) is 5.82 Å². The number of imidazole rings is 1. The molecule has 0 saturated heterocycles. The van der Waals surface area contributed by atoms with Crippen LogP contribution in [0, 0.1) is 0 Å². The molecule has 2 aromatic heterocycles. The van der Waals surface area contributed by atoms with E-state index in [1.807, 2.05) is 6.07 Å². The minimum absolute atomic E-state index is 0.0272. The van der Waals surface area contributed by atoms with Gasteiger partial charge in [-0.3, -0.25) is 9.78 Å². The highest BCUT2D eigenvalue weighted by molar-refractivity contribution is 9.10. The summed E-state index contributed by atoms with van der Waals surface area (Å²) in [5, 5.41) is 0. The molecule has 0 radical (unpaired) electrons. The van der Waals surface area contributed by atoms with Crippen molar-refractivity contribution in [1.82, 2.24) is 19.9 Å². The minimum atomic E-state index is -0.364. The van der Waals surface area contributed by atoms with Crippen LogP contribution in [0.15, 0.2) is 27.5 Å². The molecule has 96 valence electrons. The average molecular weight is 321 g/mol. The van der Waals surface area contributed by atoms with Gasteiger partial charge in [-0.1, -0.05) is 15.9 Å². The molecular weight excluding hydrogens is 312 g/mol. The summed E-state index contributed by atoms with van der Waals surface area (Å²) in [7, 11) is 0. The molecule has 1 aromatic carbocycles. The van der Waals surface area contributed by atoms with Crippen molar-refractivity contribution < 1.29 is 0 Å². The first-order chi connectivity index (χ1) is 9.04. The zero-order valence-electron chi connectivity index (χ0n) is 9.57. The largest absolute Gasteiger partial charge is 0.398 e. The second-order valence-electron chi connectivity index (χ2n) is 3.97. The van der Waals surface area contributed by atoms with Gasteiger partial charge in [0, 0.05) is 15.7 Å². The number of rotatable bonds is 1. The molecule has 0 aliphatic carbocycles. The van der Waals surface area contributed by atoms with Gasteiger partial charge in [0.15, 0.2) is 11.2 Å². The second-order valence-corrected chi connectivity index (χ2v) is 4.88. The predicted octanol–water partition coefficient (Wildman–Crippen LogP) is 1.24. The first-order valence-corrected chi connectivity index (χ1v) is 6.15. The highest BCUT2D eigenvalue weighted by Gasteiger charge is 2.12. The van der Waals surface area contributed by atoms with Crippen LogP contribution >= 0.6 is 15.9 Å². The van der Waals surface area contributed by atoms with Crippen LogP contribution in [-0.2, 0) is 0 Å². The molecule has 0 atom stereocenters. The lowest BCUT2D eigenvalue weighted by molar-refractivity contribution is 1.17. The number of nitrogens with one attached hydrogen (secondary N) is 2. The van der Waals surface area contributed by atoms with E-state index in [9.17, 15) is 4.79 Å². The lowest BCUT2D eigenvalue weighted by Gasteiger charge is -2.02. The van der Waals surface area contributed by atoms with Crippen molar-refractivity contribution in [2.24, 2.45) is 0 Å². The topological polar surface area (TPSA) is 126 Å². The number of aromatic amines is 2. The van der Waals surface area contributed by atoms with Crippen LogP contribution in [0.1, 0.15) is 0 Å². The number of anilines is 2. The van der Waals surface area contributed by atoms with Gasteiger partial charge in [0.2, 0.25) is 5.95 Å². The van der Waals surface area contributed by atoms with E-state index in [1.165, 1.54) is 0 Å². The van der Waals surface area contributed by atoms with Gasteiger partial charge in [-0.2, -0.15) is 4.98 Å². The summed E-state index contributed by atoms with van der Waals surface area (Å²) < 4.78 is 0.866. The van der Waals surface area contributed by atoms with E-state index in [0.29, 0.717) is 17.1 Å². The Kier molecular flexibility index (Phi) is 2.53. The molecule has 0 saturated carbocycles. The fraction of sp³-hybridized carbons (Fsp3) is 0. The summed E-state index contributed by atoms with van der Waals surface area (Å²) in [5.41, 5.74) is 12.8. The van der Waals surface area contributed by atoms with Crippen LogP contribution in [0.4, 0.5) is 11.6 Å². The molecule has 2 heterocycles. The standard InChI is InChI=1S/C11H9BrN6O/c12-4-1-2-5(6(13)3-4)8-15-7-9(16-8)17-11(14)18-10(7)19/h1-3H,13H2,(H4,14,15,16,17,18,19). The Morgan fingerprint density at radius 3 is 2.68 bits per heavy atom. The summed E-state index contributed by atoms with van der Waals surface area (Å²) in [6, 6.07) is 5.40. The molecule has 0 aliphatic heterocycles. The van der Waals surface area contributed by atoms with Crippen molar-refractivity contribution in [2.45, 2.75) is 0 Å². The molecule has 0 spiro atoms. The molecule has 19 heavy (non-hydrogen) atoms. The van der Waals surface area contributed by atoms with E-state index in [4.69, 9.17) is 11.5 Å². The summed E-state index contributed by atoms with van der Waals surface area (Å²) in [5.74, 6) is 0.503. The molecule has 0 unspecified atom stereocenters. The normalized spacial score (nSPS) is 11.0. The second kappa shape index (κ2) is 4.09. The molecule has 7 nitrogen and oxygen atoms in total. The van der Waals surface area contributed by atoms with Crippen LogP contribution in [-0.4, -0.2) is 19.9 Å². The maximum absolute atomic E-state index is 11.7. The number of fused-ring (bicyclic) bond motifs is 1. The summed E-state index contributed by atoms with van der Waals surface area (Å²) >= 11 is 3.33. The Labute approximate surface area is 115 Å². The van der Waals surface area contributed by atoms with Crippen LogP contribution in [0.25, 0.3) is 22.6 Å². The Morgan fingerprint density at radius 2 is 1.95 bits per heavy atom. The number of halogens is 1. The Hall–Kier alpha value is -2.35. The Morgan fingerprint density at radius 1 is 1.16 bits per heavy atom. The third-order valence-corrected chi connectivity index (χ3v) is 3.14. The van der Waals surface area contributed by atoms with Gasteiger partial charge < -0.3 is 16.5 Å². The van der Waals surface area contributed by atoms with E-state index in [1.54, 1.807) is 12.1 Å². The number of nitrogen functional groups attached to an aromatic ring is 2. The highest BCUT2D eigenvalue weighted by Crippen LogP contribution is 2.27. The van der Waals surface area contributed by atoms with E-state index < -0.39 is 0 Å². The quantitative estimate of drug-likeness (QED) is 0.502. The van der Waals surface area contributed by atoms with Gasteiger partial charge in [-0.25, -0.2) is 4.98 Å². The number of aromatic nitrogens is 4. The van der Waals surface area contributed by atoms with Crippen LogP contribution in [0.2, 0.25) is 0 Å². The number of hydrogen-bond acceptors (Lipinski definition) is 5. The zero-order chi connectivity index (χ0) is 13.6. The number of benzene rings is 1. The maximum atomic E-state index is 11.7. The molecule has 0 amide bonds. The first-order valence-electron chi connectivity index (χ1n) is 5.35. The third kappa shape index (κ3) is 1.95. The minimum Gasteiger partial charge on any atom is -0.398 e. The molecule has 0 fully saturated rings. The Balaban J connectivity index is 2.26. The van der Waals surface area contributed by atoms with Gasteiger partial charge in [-0.15, -0.1) is 0 Å². The number of nitrogens with two attached hydrogens (primary N) is 2. The smallest absolute Gasteiger partial charge is 0.278 e. The van der Waals surface area contributed by atoms with Crippen LogP contribution in [0.5, 0.6) is 0 Å². The molecule has 6 N–H and O–H groups in total. The fourth-order valence-electron chi connectivity index (χ4n) is 1.80. The van der Waals surface area contributed by atoms with E-state index >= 15 is 0 Å². The van der Waals surface area contributed by atoms with E-state index in [2.05, 4.69) is 35.9 Å². The van der Waals surface area contributed by atoms with Gasteiger partial charge >= 0.3 is 0 Å². The van der Waals surface area contributed by atoms with Gasteiger partial charge in [-0.05, 0) is 18.2 Å². The van der Waals surface area contributed by atoms with Crippen molar-refractivity contribution >= 4 is 38.7 Å². The highest BCUT2D eigenvalue weighted by atomic mass is 79.9. The maximum Gasteiger partial charge on any atom is 0.278 e. The Bertz CT molecular complexity index is 837. The molecule has 3 aromatic rings. The van der Waals surface area contributed by atoms with Gasteiger partial charge in [0.25, 0.3) is 5.56 Å². The summed E-state index contributed by atoms with van der Waals surface area (Å²) in [6.07, 6.45) is 0. The SMILES string of the molecule is Nc1nc2nc(-c3ccc(Br)cc3N)[nH]c2c(=O)[nH]1. The number of H-pyrrole nitrogens is 2. The van der Waals surface area contributed by atoms with E-state index in [-0.39, 0.29) is 22.7 Å². The fourth-order valence-corrected chi connectivity index (χ4v) is 2.18. The average Bonchev–Trinajstić information content (AvgIpc) is 2.72. The molecular formula is C11H9BrN6O. The van der Waals surface area contributed by atoms with Crippen molar-refractivity contribution in [2.75, 3.05) is 11.5 Å². The lowest BCUT2D eigenvalue weighted by atomic mass is 10.2. The molecule has 0 aliphatic rings. The monoisotopic (exact) mass is 320 g/mol. The molecule has 3 rings (SSSR count).